The number of halogens is 4. The van der Waals surface area contributed by atoms with Crippen molar-refractivity contribution in [3.8, 4) is 5.19 Å². The molecule has 0 saturated carbocycles. The van der Waals surface area contributed by atoms with Gasteiger partial charge in [0, 0.05) is 0 Å². The Labute approximate surface area is 97.8 Å². The highest BCUT2D eigenvalue weighted by molar-refractivity contribution is 7.20. The lowest BCUT2D eigenvalue weighted by molar-refractivity contribution is -0.148. The minimum Gasteiger partial charge on any atom is -0.463 e. The summed E-state index contributed by atoms with van der Waals surface area (Å²) in [6, 6.07) is 6.92. The Morgan fingerprint density at radius 1 is 1.29 bits per heavy atom. The van der Waals surface area contributed by atoms with Gasteiger partial charge in [0.2, 0.25) is 0 Å². The third-order valence-electron chi connectivity index (χ3n) is 1.98. The van der Waals surface area contributed by atoms with Gasteiger partial charge in [-0.15, -0.1) is 0 Å². The van der Waals surface area contributed by atoms with Crippen molar-refractivity contribution in [2.75, 3.05) is 6.61 Å². The number of benzene rings is 1. The van der Waals surface area contributed by atoms with E-state index in [1.165, 1.54) is 0 Å². The van der Waals surface area contributed by atoms with Crippen LogP contribution in [0.25, 0.3) is 10.2 Å². The van der Waals surface area contributed by atoms with Crippen LogP contribution in [0.15, 0.2) is 24.3 Å². The van der Waals surface area contributed by atoms with Crippen LogP contribution in [0.5, 0.6) is 5.19 Å². The Hall–Kier alpha value is -1.37. The van der Waals surface area contributed by atoms with Crippen LogP contribution in [0.3, 0.4) is 0 Å². The Kier molecular flexibility index (Phi) is 3.19. The molecule has 0 aliphatic rings. The van der Waals surface area contributed by atoms with Crippen LogP contribution in [0.4, 0.5) is 17.6 Å². The first kappa shape index (κ1) is 12.1. The second-order valence-corrected chi connectivity index (χ2v) is 4.29. The standard InChI is InChI=1S/C10H7F4NOS/c11-8(12)10(13,14)5-16-9-15-6-3-1-2-4-7(6)17-9/h1-4,8H,5H2. The predicted molar refractivity (Wildman–Crippen MR) is 56.1 cm³/mol. The number of hydrogen-bond acceptors (Lipinski definition) is 3. The fraction of sp³-hybridized carbons (Fsp3) is 0.300. The van der Waals surface area contributed by atoms with Gasteiger partial charge >= 0.3 is 12.3 Å². The molecule has 2 rings (SSSR count). The number of aromatic nitrogens is 1. The number of para-hydroxylation sites is 1. The summed E-state index contributed by atoms with van der Waals surface area (Å²) in [5.74, 6) is -4.15. The van der Waals surface area contributed by atoms with Crippen LogP contribution in [0.1, 0.15) is 0 Å². The highest BCUT2D eigenvalue weighted by Gasteiger charge is 2.42. The van der Waals surface area contributed by atoms with Gasteiger partial charge < -0.3 is 4.74 Å². The van der Waals surface area contributed by atoms with E-state index in [-0.39, 0.29) is 5.19 Å². The zero-order chi connectivity index (χ0) is 12.5. The highest BCUT2D eigenvalue weighted by Crippen LogP contribution is 2.29. The molecule has 2 aromatic rings. The van der Waals surface area contributed by atoms with Gasteiger partial charge in [0.15, 0.2) is 6.61 Å². The van der Waals surface area contributed by atoms with Crippen molar-refractivity contribution < 1.29 is 22.3 Å². The Bertz CT molecular complexity index is 481. The zero-order valence-corrected chi connectivity index (χ0v) is 9.19. The Morgan fingerprint density at radius 3 is 2.65 bits per heavy atom. The number of nitrogens with zero attached hydrogens (tertiary/aromatic N) is 1. The van der Waals surface area contributed by atoms with Gasteiger partial charge in [-0.25, -0.2) is 13.8 Å². The minimum atomic E-state index is -4.15. The fourth-order valence-corrected chi connectivity index (χ4v) is 1.95. The maximum absolute atomic E-state index is 12.6. The van der Waals surface area contributed by atoms with Crippen LogP contribution < -0.4 is 4.74 Å². The van der Waals surface area contributed by atoms with E-state index < -0.39 is 19.0 Å². The third kappa shape index (κ3) is 2.66. The van der Waals surface area contributed by atoms with Gasteiger partial charge in [0.1, 0.15) is 0 Å². The van der Waals surface area contributed by atoms with E-state index in [2.05, 4.69) is 9.72 Å². The summed E-state index contributed by atoms with van der Waals surface area (Å²) in [5, 5.41) is -0.0356. The molecule has 2 nitrogen and oxygen atoms in total. The zero-order valence-electron chi connectivity index (χ0n) is 8.37. The van der Waals surface area contributed by atoms with Crippen LogP contribution in [-0.4, -0.2) is 23.9 Å². The molecule has 92 valence electrons. The third-order valence-corrected chi connectivity index (χ3v) is 2.93. The van der Waals surface area contributed by atoms with Crippen LogP contribution in [-0.2, 0) is 0 Å². The first-order valence-corrected chi connectivity index (χ1v) is 5.45. The molecule has 1 heterocycles. The Balaban J connectivity index is 2.09. The van der Waals surface area contributed by atoms with Crippen molar-refractivity contribution in [2.24, 2.45) is 0 Å². The van der Waals surface area contributed by atoms with E-state index >= 15 is 0 Å². The van der Waals surface area contributed by atoms with Gasteiger partial charge in [-0.05, 0) is 12.1 Å². The summed E-state index contributed by atoms with van der Waals surface area (Å²) in [5.41, 5.74) is 0.591. The predicted octanol–water partition coefficient (Wildman–Crippen LogP) is 3.58. The summed E-state index contributed by atoms with van der Waals surface area (Å²) in [6.07, 6.45) is -3.74. The largest absolute Gasteiger partial charge is 0.463 e. The van der Waals surface area contributed by atoms with Crippen molar-refractivity contribution in [1.82, 2.24) is 4.98 Å². The summed E-state index contributed by atoms with van der Waals surface area (Å²) >= 11 is 1.04. The number of rotatable bonds is 4. The van der Waals surface area contributed by atoms with Crippen molar-refractivity contribution in [2.45, 2.75) is 12.3 Å². The normalized spacial score (nSPS) is 12.3. The van der Waals surface area contributed by atoms with Crippen LogP contribution >= 0.6 is 11.3 Å². The molecule has 0 atom stereocenters. The molecule has 17 heavy (non-hydrogen) atoms. The number of fused-ring (bicyclic) bond motifs is 1. The lowest BCUT2D eigenvalue weighted by atomic mass is 10.3. The molecular formula is C10H7F4NOS. The average Bonchev–Trinajstić information content (AvgIpc) is 2.69. The Morgan fingerprint density at radius 2 is 2.00 bits per heavy atom. The molecule has 0 bridgehead atoms. The maximum atomic E-state index is 12.6. The second-order valence-electron chi connectivity index (χ2n) is 3.30. The highest BCUT2D eigenvalue weighted by atomic mass is 32.1. The van der Waals surface area contributed by atoms with Gasteiger partial charge in [-0.2, -0.15) is 8.78 Å². The van der Waals surface area contributed by atoms with Gasteiger partial charge in [0.05, 0.1) is 10.2 Å². The summed E-state index contributed by atoms with van der Waals surface area (Å²) in [7, 11) is 0. The smallest absolute Gasteiger partial charge is 0.340 e. The van der Waals surface area contributed by atoms with E-state index in [1.807, 2.05) is 0 Å². The summed E-state index contributed by atoms with van der Waals surface area (Å²) in [4.78, 5) is 3.89. The molecule has 0 saturated heterocycles. The number of ether oxygens (including phenoxy) is 1. The average molecular weight is 265 g/mol. The quantitative estimate of drug-likeness (QED) is 0.788. The summed E-state index contributed by atoms with van der Waals surface area (Å²) in [6.45, 7) is -1.37. The lowest BCUT2D eigenvalue weighted by Gasteiger charge is -2.14. The fourth-order valence-electron chi connectivity index (χ4n) is 1.13. The minimum absolute atomic E-state index is 0.0356. The molecular weight excluding hydrogens is 258 g/mol. The molecule has 0 aliphatic carbocycles. The molecule has 0 fully saturated rings. The van der Waals surface area contributed by atoms with Crippen molar-refractivity contribution in [3.05, 3.63) is 24.3 Å². The molecule has 0 aliphatic heterocycles. The second kappa shape index (κ2) is 4.48. The van der Waals surface area contributed by atoms with E-state index in [0.717, 1.165) is 16.0 Å². The monoisotopic (exact) mass is 265 g/mol. The van der Waals surface area contributed by atoms with Gasteiger partial charge in [0.25, 0.3) is 5.19 Å². The number of thiazole rings is 1. The molecule has 0 radical (unpaired) electrons. The van der Waals surface area contributed by atoms with Gasteiger partial charge in [-0.1, -0.05) is 23.5 Å². The number of hydrogen-bond donors (Lipinski definition) is 0. The SMILES string of the molecule is FC(F)C(F)(F)COc1nc2ccccc2s1. The van der Waals surface area contributed by atoms with E-state index in [1.54, 1.807) is 24.3 Å². The molecule has 0 spiro atoms. The van der Waals surface area contributed by atoms with Crippen molar-refractivity contribution >= 4 is 21.6 Å². The molecule has 0 unspecified atom stereocenters. The molecule has 1 aromatic carbocycles. The first-order valence-electron chi connectivity index (χ1n) is 4.63. The topological polar surface area (TPSA) is 22.1 Å². The molecule has 7 heteroatoms. The summed E-state index contributed by atoms with van der Waals surface area (Å²) < 4.78 is 54.3. The van der Waals surface area contributed by atoms with Crippen molar-refractivity contribution in [3.63, 3.8) is 0 Å². The van der Waals surface area contributed by atoms with E-state index in [9.17, 15) is 17.6 Å². The lowest BCUT2D eigenvalue weighted by Crippen LogP contribution is -2.33. The van der Waals surface area contributed by atoms with Gasteiger partial charge in [-0.3, -0.25) is 0 Å². The van der Waals surface area contributed by atoms with Crippen LogP contribution in [0, 0.1) is 0 Å². The molecule has 0 N–H and O–H groups in total. The van der Waals surface area contributed by atoms with E-state index in [0.29, 0.717) is 5.52 Å². The van der Waals surface area contributed by atoms with Crippen LogP contribution in [0.2, 0.25) is 0 Å². The molecule has 1 aromatic heterocycles. The number of alkyl halides is 4. The maximum Gasteiger partial charge on any atom is 0.340 e. The molecule has 0 amide bonds. The van der Waals surface area contributed by atoms with E-state index in [4.69, 9.17) is 0 Å². The first-order chi connectivity index (χ1) is 7.99. The van der Waals surface area contributed by atoms with Crippen molar-refractivity contribution in [1.29, 1.82) is 0 Å².